The Morgan fingerprint density at radius 1 is 1.10 bits per heavy atom. The number of benzene rings is 2. The molecule has 4 aromatic rings. The molecule has 5 rings (SSSR count). The number of aryl methyl sites for hydroxylation is 1. The Morgan fingerprint density at radius 2 is 1.93 bits per heavy atom. The van der Waals surface area contributed by atoms with Gasteiger partial charge in [-0.1, -0.05) is 36.4 Å². The summed E-state index contributed by atoms with van der Waals surface area (Å²) in [7, 11) is 0. The van der Waals surface area contributed by atoms with E-state index in [0.29, 0.717) is 19.6 Å². The number of aromatic nitrogens is 2. The lowest BCUT2D eigenvalue weighted by atomic mass is 10.1. The number of nitrogens with zero attached hydrogens (tertiary/aromatic N) is 4. The number of hydrogen-bond donors (Lipinski definition) is 3. The number of rotatable bonds is 12. The van der Waals surface area contributed by atoms with Gasteiger partial charge < -0.3 is 21.0 Å². The van der Waals surface area contributed by atoms with Crippen LogP contribution < -0.4 is 11.2 Å². The van der Waals surface area contributed by atoms with Gasteiger partial charge in [0.25, 0.3) is 0 Å². The zero-order valence-electron chi connectivity index (χ0n) is 23.5. The SMILES string of the molecule is Cc1cc2c(cc1NC(=O)Cc1cccs1)c(/C=C/c1cccc(CN3CCN(CCOCCO)CC3)c1)nn2N. The van der Waals surface area contributed by atoms with Crippen molar-refractivity contribution in [1.29, 1.82) is 0 Å². The number of carbonyl (C=O) groups excluding carboxylic acids is 1. The summed E-state index contributed by atoms with van der Waals surface area (Å²) in [6, 6.07) is 16.4. The van der Waals surface area contributed by atoms with E-state index in [1.165, 1.54) is 10.4 Å². The van der Waals surface area contributed by atoms with Gasteiger partial charge >= 0.3 is 0 Å². The van der Waals surface area contributed by atoms with Crippen molar-refractivity contribution in [1.82, 2.24) is 19.7 Å². The number of hydrogen-bond acceptors (Lipinski definition) is 8. The largest absolute Gasteiger partial charge is 0.394 e. The second kappa shape index (κ2) is 13.9. The number of anilines is 1. The molecule has 4 N–H and O–H groups in total. The maximum Gasteiger partial charge on any atom is 0.229 e. The molecule has 0 radical (unpaired) electrons. The Morgan fingerprint density at radius 3 is 2.71 bits per heavy atom. The Labute approximate surface area is 244 Å². The molecule has 2 aromatic carbocycles. The van der Waals surface area contributed by atoms with Gasteiger partial charge in [0.15, 0.2) is 0 Å². The van der Waals surface area contributed by atoms with E-state index in [0.717, 1.165) is 77.6 Å². The fourth-order valence-electron chi connectivity index (χ4n) is 5.09. The van der Waals surface area contributed by atoms with Crippen LogP contribution in [0.25, 0.3) is 23.1 Å². The molecular weight excluding hydrogens is 536 g/mol. The van der Waals surface area contributed by atoms with E-state index >= 15 is 0 Å². The summed E-state index contributed by atoms with van der Waals surface area (Å²) in [5.41, 5.74) is 5.63. The van der Waals surface area contributed by atoms with Crippen LogP contribution in [0, 0.1) is 6.92 Å². The van der Waals surface area contributed by atoms with Crippen LogP contribution in [0.4, 0.5) is 5.69 Å². The predicted molar refractivity (Wildman–Crippen MR) is 166 cm³/mol. The summed E-state index contributed by atoms with van der Waals surface area (Å²) in [6.07, 6.45) is 4.39. The van der Waals surface area contributed by atoms with Crippen molar-refractivity contribution >= 4 is 46.0 Å². The van der Waals surface area contributed by atoms with Crippen LogP contribution in [0.5, 0.6) is 0 Å². The van der Waals surface area contributed by atoms with Crippen molar-refractivity contribution in [3.63, 3.8) is 0 Å². The molecule has 1 aliphatic heterocycles. The van der Waals surface area contributed by atoms with Crippen molar-refractivity contribution in [2.75, 3.05) is 63.7 Å². The molecule has 0 aliphatic carbocycles. The smallest absolute Gasteiger partial charge is 0.229 e. The van der Waals surface area contributed by atoms with Gasteiger partial charge in [-0.05, 0) is 53.3 Å². The molecule has 10 heteroatoms. The highest BCUT2D eigenvalue weighted by Gasteiger charge is 2.17. The molecule has 41 heavy (non-hydrogen) atoms. The topological polar surface area (TPSA) is 109 Å². The summed E-state index contributed by atoms with van der Waals surface area (Å²) in [5.74, 6) is 6.15. The molecule has 216 valence electrons. The van der Waals surface area contributed by atoms with Crippen molar-refractivity contribution in [3.05, 3.63) is 81.2 Å². The average Bonchev–Trinajstić information content (AvgIpc) is 3.58. The third-order valence-electron chi connectivity index (χ3n) is 7.31. The number of piperazine rings is 1. The average molecular weight is 575 g/mol. The summed E-state index contributed by atoms with van der Waals surface area (Å²) in [6.45, 7) is 9.00. The lowest BCUT2D eigenvalue weighted by Crippen LogP contribution is -2.46. The third-order valence-corrected chi connectivity index (χ3v) is 8.19. The van der Waals surface area contributed by atoms with E-state index < -0.39 is 0 Å². The van der Waals surface area contributed by atoms with Crippen LogP contribution in [0.15, 0.2) is 53.9 Å². The third kappa shape index (κ3) is 7.81. The molecular formula is C31H38N6O3S. The molecule has 0 bridgehead atoms. The van der Waals surface area contributed by atoms with Crippen LogP contribution in [-0.4, -0.2) is 83.2 Å². The predicted octanol–water partition coefficient (Wildman–Crippen LogP) is 3.60. The van der Waals surface area contributed by atoms with E-state index in [1.807, 2.05) is 42.6 Å². The number of aliphatic hydroxyl groups excluding tert-OH is 1. The highest BCUT2D eigenvalue weighted by molar-refractivity contribution is 7.10. The van der Waals surface area contributed by atoms with Crippen molar-refractivity contribution in [3.8, 4) is 0 Å². The molecule has 1 fully saturated rings. The quantitative estimate of drug-likeness (QED) is 0.175. The Hall–Kier alpha value is -3.54. The minimum Gasteiger partial charge on any atom is -0.394 e. The summed E-state index contributed by atoms with van der Waals surface area (Å²) >= 11 is 1.58. The Balaban J connectivity index is 1.22. The standard InChI is InChI=1S/C31H38N6O3S/c1-23-18-30-27(21-29(23)33-31(39)20-26-6-3-17-41-26)28(34-37(30)32)8-7-24-4-2-5-25(19-24)22-36-11-9-35(10-12-36)13-15-40-16-14-38/h2-8,17-19,21,38H,9-16,20,22,32H2,1H3,(H,33,39)/b8-7+. The number of thiophene rings is 1. The van der Waals surface area contributed by atoms with Gasteiger partial charge in [-0.3, -0.25) is 14.6 Å². The van der Waals surface area contributed by atoms with Gasteiger partial charge in [0, 0.05) is 55.2 Å². The van der Waals surface area contributed by atoms with Crippen molar-refractivity contribution < 1.29 is 14.6 Å². The van der Waals surface area contributed by atoms with E-state index in [1.54, 1.807) is 11.3 Å². The van der Waals surface area contributed by atoms with E-state index in [-0.39, 0.29) is 12.5 Å². The van der Waals surface area contributed by atoms with Gasteiger partial charge in [-0.15, -0.1) is 11.3 Å². The second-order valence-electron chi connectivity index (χ2n) is 10.4. The van der Waals surface area contributed by atoms with Gasteiger partial charge in [0.05, 0.1) is 37.5 Å². The summed E-state index contributed by atoms with van der Waals surface area (Å²) in [4.78, 5) is 20.0. The molecule has 0 saturated carbocycles. The molecule has 0 atom stereocenters. The van der Waals surface area contributed by atoms with E-state index in [9.17, 15) is 4.79 Å². The highest BCUT2D eigenvalue weighted by Crippen LogP contribution is 2.27. The van der Waals surface area contributed by atoms with Gasteiger partial charge in [0.1, 0.15) is 0 Å². The first-order valence-electron chi connectivity index (χ1n) is 14.0. The minimum atomic E-state index is -0.0441. The first-order chi connectivity index (χ1) is 20.0. The normalized spacial score (nSPS) is 14.8. The van der Waals surface area contributed by atoms with Gasteiger partial charge in [0.2, 0.25) is 5.91 Å². The number of aliphatic hydroxyl groups is 1. The number of ether oxygens (including phenoxy) is 1. The number of nitrogens with one attached hydrogen (secondary N) is 1. The van der Waals surface area contributed by atoms with Crippen LogP contribution in [0.1, 0.15) is 27.3 Å². The fraction of sp³-hybridized carbons (Fsp3) is 0.355. The molecule has 3 heterocycles. The fourth-order valence-corrected chi connectivity index (χ4v) is 5.80. The number of nitrogen functional groups attached to an aromatic ring is 1. The Kier molecular flexibility index (Phi) is 9.81. The van der Waals surface area contributed by atoms with E-state index in [4.69, 9.17) is 15.7 Å². The zero-order chi connectivity index (χ0) is 28.6. The van der Waals surface area contributed by atoms with Crippen LogP contribution in [-0.2, 0) is 22.5 Å². The molecule has 1 amide bonds. The number of nitrogens with two attached hydrogens (primary N) is 1. The first kappa shape index (κ1) is 29.0. The monoisotopic (exact) mass is 574 g/mol. The van der Waals surface area contributed by atoms with Crippen molar-refractivity contribution in [2.45, 2.75) is 19.9 Å². The van der Waals surface area contributed by atoms with Crippen LogP contribution in [0.3, 0.4) is 0 Å². The molecule has 0 spiro atoms. The van der Waals surface area contributed by atoms with Crippen LogP contribution in [0.2, 0.25) is 0 Å². The Bertz CT molecular complexity index is 1470. The number of carbonyl (C=O) groups is 1. The number of fused-ring (bicyclic) bond motifs is 1. The lowest BCUT2D eigenvalue weighted by Gasteiger charge is -2.34. The van der Waals surface area contributed by atoms with E-state index in [2.05, 4.69) is 50.6 Å². The maximum absolute atomic E-state index is 12.6. The molecule has 2 aromatic heterocycles. The van der Waals surface area contributed by atoms with Gasteiger partial charge in [-0.25, -0.2) is 0 Å². The zero-order valence-corrected chi connectivity index (χ0v) is 24.3. The maximum atomic E-state index is 12.6. The number of amides is 1. The lowest BCUT2D eigenvalue weighted by molar-refractivity contribution is -0.115. The molecule has 1 aliphatic rings. The summed E-state index contributed by atoms with van der Waals surface area (Å²) in [5, 5.41) is 19.3. The summed E-state index contributed by atoms with van der Waals surface area (Å²) < 4.78 is 5.40. The second-order valence-corrected chi connectivity index (χ2v) is 11.4. The van der Waals surface area contributed by atoms with Crippen LogP contribution >= 0.6 is 11.3 Å². The molecule has 0 unspecified atom stereocenters. The van der Waals surface area contributed by atoms with Gasteiger partial charge in [-0.2, -0.15) is 9.89 Å². The highest BCUT2D eigenvalue weighted by atomic mass is 32.1. The first-order valence-corrected chi connectivity index (χ1v) is 14.9. The molecule has 9 nitrogen and oxygen atoms in total. The minimum absolute atomic E-state index is 0.0441. The molecule has 1 saturated heterocycles. The van der Waals surface area contributed by atoms with Crippen molar-refractivity contribution in [2.24, 2.45) is 0 Å².